The predicted octanol–water partition coefficient (Wildman–Crippen LogP) is 2.95. The van der Waals surface area contributed by atoms with Gasteiger partial charge in [0.15, 0.2) is 5.52 Å². The quantitative estimate of drug-likeness (QED) is 0.618. The van der Waals surface area contributed by atoms with Crippen LogP contribution in [0.2, 0.25) is 5.09 Å². The van der Waals surface area contributed by atoms with Crippen molar-refractivity contribution in [1.82, 2.24) is 0 Å². The Morgan fingerprint density at radius 3 is 2.22 bits per heavy atom. The fourth-order valence-electron chi connectivity index (χ4n) is 1.00. The molecular formula is C13H20LiO3P. The van der Waals surface area contributed by atoms with E-state index in [-0.39, 0.29) is 5.52 Å². The summed E-state index contributed by atoms with van der Waals surface area (Å²) in [7, 11) is 5.19. The first kappa shape index (κ1) is 17.5. The number of hydrogen-bond acceptors (Lipinski definition) is 3. The van der Waals surface area contributed by atoms with Gasteiger partial charge in [-0.1, -0.05) is 9.24 Å². The molecule has 96 valence electrons. The van der Waals surface area contributed by atoms with Crippen molar-refractivity contribution in [3.8, 4) is 11.5 Å². The molecule has 1 rings (SSSR count). The van der Waals surface area contributed by atoms with Gasteiger partial charge in [-0.05, 0) is 12.1 Å². The minimum atomic E-state index is -0.0977. The van der Waals surface area contributed by atoms with Gasteiger partial charge in [0.25, 0.3) is 0 Å². The maximum atomic E-state index is 11.1. The molecule has 0 N–H and O–H groups in total. The van der Waals surface area contributed by atoms with Crippen LogP contribution in [0.3, 0.4) is 0 Å². The molecule has 0 saturated heterocycles. The SMILES string of the molecule is COc1ccc(C(=O)P)c(OC)c1.[Li][CH2]C(C)C. The van der Waals surface area contributed by atoms with Crippen molar-refractivity contribution >= 4 is 32.5 Å². The summed E-state index contributed by atoms with van der Waals surface area (Å²) in [5.74, 6) is 2.08. The van der Waals surface area contributed by atoms with Gasteiger partial charge in [-0.25, -0.2) is 0 Å². The molecule has 0 spiro atoms. The van der Waals surface area contributed by atoms with Crippen LogP contribution < -0.4 is 9.47 Å². The molecule has 0 radical (unpaired) electrons. The first-order valence-corrected chi connectivity index (χ1v) is 6.55. The van der Waals surface area contributed by atoms with Gasteiger partial charge < -0.3 is 9.47 Å². The molecule has 1 atom stereocenters. The maximum absolute atomic E-state index is 11.1. The molecule has 3 nitrogen and oxygen atoms in total. The summed E-state index contributed by atoms with van der Waals surface area (Å²) >= 11 is 2.20. The van der Waals surface area contributed by atoms with Crippen LogP contribution in [0.15, 0.2) is 18.2 Å². The third kappa shape index (κ3) is 6.45. The van der Waals surface area contributed by atoms with Crippen LogP contribution in [0, 0.1) is 5.92 Å². The number of hydrogen-bond donors (Lipinski definition) is 0. The number of benzene rings is 1. The summed E-state index contributed by atoms with van der Waals surface area (Å²) < 4.78 is 10.0. The second-order valence-corrected chi connectivity index (χ2v) is 4.76. The summed E-state index contributed by atoms with van der Waals surface area (Å²) in [5.41, 5.74) is 0.438. The standard InChI is InChI=1S/C9H11O3P.C4H9.Li/c1-11-6-3-4-7(9(10)13)8(5-6)12-2;1-4(2)3;/h3-5H,13H2,1-2H3;4H,1H2,2-3H3;. The zero-order valence-corrected chi connectivity index (χ0v) is 13.0. The third-order valence-electron chi connectivity index (χ3n) is 2.49. The topological polar surface area (TPSA) is 35.5 Å². The minimum absolute atomic E-state index is 0.0977. The Bertz CT molecular complexity index is 380. The van der Waals surface area contributed by atoms with Crippen molar-refractivity contribution < 1.29 is 14.3 Å². The first-order chi connectivity index (χ1) is 8.46. The van der Waals surface area contributed by atoms with Crippen LogP contribution in [0.5, 0.6) is 11.5 Å². The summed E-state index contributed by atoms with van der Waals surface area (Å²) in [5, 5.41) is 1.31. The van der Waals surface area contributed by atoms with Crippen LogP contribution in [-0.2, 0) is 0 Å². The molecule has 5 heteroatoms. The fourth-order valence-corrected chi connectivity index (χ4v) is 1.24. The van der Waals surface area contributed by atoms with Crippen LogP contribution in [0.1, 0.15) is 24.2 Å². The first-order valence-electron chi connectivity index (χ1n) is 5.98. The summed E-state index contributed by atoms with van der Waals surface area (Å²) in [6.07, 6.45) is 0. The van der Waals surface area contributed by atoms with E-state index in [1.807, 2.05) is 0 Å². The Labute approximate surface area is 121 Å². The van der Waals surface area contributed by atoms with Gasteiger partial charge >= 0.3 is 42.6 Å². The number of carbonyl (C=O) groups excluding carboxylic acids is 1. The molecule has 18 heavy (non-hydrogen) atoms. The van der Waals surface area contributed by atoms with E-state index in [2.05, 4.69) is 40.8 Å². The third-order valence-corrected chi connectivity index (χ3v) is 2.80. The number of rotatable bonds is 4. The van der Waals surface area contributed by atoms with Crippen molar-refractivity contribution in [2.45, 2.75) is 18.9 Å². The van der Waals surface area contributed by atoms with E-state index < -0.39 is 0 Å². The second-order valence-electron chi connectivity index (χ2n) is 4.23. The molecule has 0 aliphatic heterocycles. The van der Waals surface area contributed by atoms with Gasteiger partial charge in [-0.2, -0.15) is 0 Å². The average Bonchev–Trinajstić information content (AvgIpc) is 2.38. The molecule has 1 aromatic rings. The zero-order valence-electron chi connectivity index (χ0n) is 11.8. The summed E-state index contributed by atoms with van der Waals surface area (Å²) in [6, 6.07) is 5.07. The van der Waals surface area contributed by atoms with Crippen LogP contribution in [-0.4, -0.2) is 37.5 Å². The molecular weight excluding hydrogens is 242 g/mol. The Hall–Kier alpha value is -0.483. The second kappa shape index (κ2) is 9.45. The molecule has 1 aromatic carbocycles. The average molecular weight is 262 g/mol. The fraction of sp³-hybridized carbons (Fsp3) is 0.462. The van der Waals surface area contributed by atoms with Gasteiger partial charge in [0.1, 0.15) is 11.5 Å². The molecule has 0 amide bonds. The normalized spacial score (nSPS) is 9.56. The van der Waals surface area contributed by atoms with Crippen molar-refractivity contribution in [2.24, 2.45) is 5.92 Å². The van der Waals surface area contributed by atoms with Crippen molar-refractivity contribution in [2.75, 3.05) is 14.2 Å². The summed E-state index contributed by atoms with van der Waals surface area (Å²) in [4.78, 5) is 11.1. The van der Waals surface area contributed by atoms with E-state index in [1.54, 1.807) is 25.3 Å². The van der Waals surface area contributed by atoms with E-state index in [4.69, 9.17) is 9.47 Å². The van der Waals surface area contributed by atoms with E-state index in [1.165, 1.54) is 12.2 Å². The Balaban J connectivity index is 0.000000494. The van der Waals surface area contributed by atoms with Gasteiger partial charge in [-0.3, -0.25) is 4.79 Å². The zero-order chi connectivity index (χ0) is 14.1. The number of methoxy groups -OCH3 is 2. The molecule has 0 aliphatic rings. The van der Waals surface area contributed by atoms with Gasteiger partial charge in [0, 0.05) is 6.07 Å². The molecule has 0 fully saturated rings. The van der Waals surface area contributed by atoms with E-state index in [0.29, 0.717) is 17.1 Å². The number of ether oxygens (including phenoxy) is 2. The molecule has 1 unspecified atom stereocenters. The van der Waals surface area contributed by atoms with Gasteiger partial charge in [0.2, 0.25) is 0 Å². The van der Waals surface area contributed by atoms with Crippen molar-refractivity contribution in [3.05, 3.63) is 23.8 Å². The molecule has 0 heterocycles. The van der Waals surface area contributed by atoms with E-state index >= 15 is 0 Å². The predicted molar refractivity (Wildman–Crippen MR) is 79.0 cm³/mol. The monoisotopic (exact) mass is 262 g/mol. The molecule has 0 saturated carbocycles. The van der Waals surface area contributed by atoms with Crippen LogP contribution >= 0.6 is 9.24 Å². The molecule has 0 aromatic heterocycles. The Morgan fingerprint density at radius 2 is 1.89 bits per heavy atom. The van der Waals surface area contributed by atoms with E-state index in [9.17, 15) is 4.79 Å². The van der Waals surface area contributed by atoms with E-state index in [0.717, 1.165) is 5.92 Å². The van der Waals surface area contributed by atoms with Gasteiger partial charge in [0.05, 0.1) is 19.8 Å². The van der Waals surface area contributed by atoms with Crippen LogP contribution in [0.25, 0.3) is 0 Å². The Morgan fingerprint density at radius 1 is 1.33 bits per heavy atom. The number of carbonyl (C=O) groups is 1. The van der Waals surface area contributed by atoms with Crippen molar-refractivity contribution in [1.29, 1.82) is 0 Å². The van der Waals surface area contributed by atoms with Crippen molar-refractivity contribution in [3.63, 3.8) is 0 Å². The van der Waals surface area contributed by atoms with Crippen LogP contribution in [0.4, 0.5) is 0 Å². The summed E-state index contributed by atoms with van der Waals surface area (Å²) in [6.45, 7) is 4.44. The van der Waals surface area contributed by atoms with Gasteiger partial charge in [-0.15, -0.1) is 0 Å². The Kier molecular flexibility index (Phi) is 9.19. The molecule has 0 bridgehead atoms. The molecule has 0 aliphatic carbocycles.